The summed E-state index contributed by atoms with van der Waals surface area (Å²) < 4.78 is 19.2. The van der Waals surface area contributed by atoms with Crippen molar-refractivity contribution in [3.05, 3.63) is 29.8 Å². The van der Waals surface area contributed by atoms with Crippen molar-refractivity contribution in [1.82, 2.24) is 14.8 Å². The molecule has 1 aromatic heterocycles. The van der Waals surface area contributed by atoms with Crippen LogP contribution >= 0.6 is 0 Å². The molecular formula is C18H28FN3O. The number of ether oxygens (including phenoxy) is 1. The first-order valence-corrected chi connectivity index (χ1v) is 8.87. The summed E-state index contributed by atoms with van der Waals surface area (Å²) in [6, 6.07) is 1.79. The first-order valence-electron chi connectivity index (χ1n) is 8.87. The van der Waals surface area contributed by atoms with Crippen molar-refractivity contribution in [2.75, 3.05) is 45.9 Å². The molecule has 0 aromatic carbocycles. The molecule has 0 N–H and O–H groups in total. The zero-order valence-electron chi connectivity index (χ0n) is 14.1. The van der Waals surface area contributed by atoms with Crippen LogP contribution in [0.1, 0.15) is 31.7 Å². The van der Waals surface area contributed by atoms with Crippen LogP contribution < -0.4 is 0 Å². The summed E-state index contributed by atoms with van der Waals surface area (Å²) in [7, 11) is 0. The topological polar surface area (TPSA) is 28.6 Å². The molecule has 0 amide bonds. The van der Waals surface area contributed by atoms with Crippen molar-refractivity contribution < 1.29 is 9.13 Å². The van der Waals surface area contributed by atoms with Crippen molar-refractivity contribution in [1.29, 1.82) is 0 Å². The molecule has 2 fully saturated rings. The second kappa shape index (κ2) is 7.69. The monoisotopic (exact) mass is 321 g/mol. The lowest BCUT2D eigenvalue weighted by molar-refractivity contribution is -0.0490. The van der Waals surface area contributed by atoms with Gasteiger partial charge in [-0.05, 0) is 37.3 Å². The molecule has 128 valence electrons. The van der Waals surface area contributed by atoms with E-state index in [9.17, 15) is 4.39 Å². The molecule has 2 saturated heterocycles. The first kappa shape index (κ1) is 16.8. The van der Waals surface area contributed by atoms with Crippen LogP contribution in [0, 0.1) is 5.82 Å². The summed E-state index contributed by atoms with van der Waals surface area (Å²) in [5, 5.41) is 0. The van der Waals surface area contributed by atoms with Gasteiger partial charge in [-0.3, -0.25) is 9.88 Å². The van der Waals surface area contributed by atoms with Gasteiger partial charge < -0.3 is 9.64 Å². The second-order valence-corrected chi connectivity index (χ2v) is 6.74. The predicted molar refractivity (Wildman–Crippen MR) is 89.0 cm³/mol. The Hall–Kier alpha value is -1.04. The third-order valence-corrected chi connectivity index (χ3v) is 5.68. The van der Waals surface area contributed by atoms with Gasteiger partial charge in [-0.15, -0.1) is 0 Å². The number of rotatable bonds is 5. The van der Waals surface area contributed by atoms with E-state index in [1.54, 1.807) is 12.3 Å². The van der Waals surface area contributed by atoms with Gasteiger partial charge >= 0.3 is 0 Å². The number of aromatic nitrogens is 1. The number of hydrogen-bond donors (Lipinski definition) is 0. The average molecular weight is 321 g/mol. The number of halogens is 1. The average Bonchev–Trinajstić information content (AvgIpc) is 2.62. The minimum Gasteiger partial charge on any atom is -0.381 e. The van der Waals surface area contributed by atoms with Crippen molar-refractivity contribution >= 4 is 0 Å². The lowest BCUT2D eigenvalue weighted by Crippen LogP contribution is -2.58. The highest BCUT2D eigenvalue weighted by molar-refractivity contribution is 5.12. The summed E-state index contributed by atoms with van der Waals surface area (Å²) in [5.41, 5.74) is 1.12. The van der Waals surface area contributed by atoms with Gasteiger partial charge in [0.1, 0.15) is 5.82 Å². The number of hydrogen-bond acceptors (Lipinski definition) is 4. The van der Waals surface area contributed by atoms with Gasteiger partial charge in [0, 0.05) is 57.7 Å². The molecule has 3 heterocycles. The fourth-order valence-corrected chi connectivity index (χ4v) is 3.98. The Morgan fingerprint density at radius 1 is 1.22 bits per heavy atom. The minimum absolute atomic E-state index is 0.182. The highest BCUT2D eigenvalue weighted by atomic mass is 19.1. The van der Waals surface area contributed by atoms with E-state index in [2.05, 4.69) is 21.7 Å². The van der Waals surface area contributed by atoms with E-state index in [4.69, 9.17) is 4.74 Å². The Balaban J connectivity index is 1.49. The standard InChI is InChI=1S/C18H28FN3O/c1-2-18(5-13-23-14-6-18)22-11-9-21(10-12-22)8-4-16-3-7-20-15-17(16)19/h3,7,15H,2,4-6,8-14H2,1H3. The zero-order chi connectivity index (χ0) is 16.1. The third-order valence-electron chi connectivity index (χ3n) is 5.68. The third kappa shape index (κ3) is 3.90. The van der Waals surface area contributed by atoms with E-state index in [1.165, 1.54) is 12.6 Å². The lowest BCUT2D eigenvalue weighted by Gasteiger charge is -2.49. The zero-order valence-corrected chi connectivity index (χ0v) is 14.1. The van der Waals surface area contributed by atoms with Gasteiger partial charge in [0.15, 0.2) is 0 Å². The highest BCUT2D eigenvalue weighted by Crippen LogP contribution is 2.32. The van der Waals surface area contributed by atoms with Gasteiger partial charge in [-0.2, -0.15) is 0 Å². The number of piperazine rings is 1. The van der Waals surface area contributed by atoms with Crippen LogP contribution in [0.3, 0.4) is 0 Å². The minimum atomic E-state index is -0.182. The Morgan fingerprint density at radius 2 is 1.96 bits per heavy atom. The van der Waals surface area contributed by atoms with Crippen LogP contribution in [0.2, 0.25) is 0 Å². The number of pyridine rings is 1. The summed E-state index contributed by atoms with van der Waals surface area (Å²) in [4.78, 5) is 8.95. The molecule has 23 heavy (non-hydrogen) atoms. The van der Waals surface area contributed by atoms with E-state index in [0.29, 0.717) is 5.54 Å². The molecule has 3 rings (SSSR count). The largest absolute Gasteiger partial charge is 0.381 e. The van der Waals surface area contributed by atoms with Crippen LogP contribution in [-0.2, 0) is 11.2 Å². The lowest BCUT2D eigenvalue weighted by atomic mass is 9.85. The summed E-state index contributed by atoms with van der Waals surface area (Å²) >= 11 is 0. The van der Waals surface area contributed by atoms with Crippen LogP contribution in [0.4, 0.5) is 4.39 Å². The van der Waals surface area contributed by atoms with Crippen molar-refractivity contribution in [3.8, 4) is 0 Å². The summed E-state index contributed by atoms with van der Waals surface area (Å²) in [5.74, 6) is -0.182. The molecule has 0 atom stereocenters. The quantitative estimate of drug-likeness (QED) is 0.832. The molecule has 0 aliphatic carbocycles. The first-order chi connectivity index (χ1) is 11.2. The predicted octanol–water partition coefficient (Wildman–Crippen LogP) is 2.34. The van der Waals surface area contributed by atoms with Crippen molar-refractivity contribution in [2.45, 2.75) is 38.1 Å². The molecule has 1 aromatic rings. The van der Waals surface area contributed by atoms with Crippen LogP contribution in [0.25, 0.3) is 0 Å². The molecule has 4 nitrogen and oxygen atoms in total. The van der Waals surface area contributed by atoms with Gasteiger partial charge in [0.25, 0.3) is 0 Å². The van der Waals surface area contributed by atoms with E-state index >= 15 is 0 Å². The van der Waals surface area contributed by atoms with E-state index in [1.807, 2.05) is 0 Å². The maximum Gasteiger partial charge on any atom is 0.144 e. The van der Waals surface area contributed by atoms with E-state index < -0.39 is 0 Å². The molecule has 2 aliphatic rings. The Labute approximate surface area is 138 Å². The smallest absolute Gasteiger partial charge is 0.144 e. The Bertz CT molecular complexity index is 497. The SMILES string of the molecule is CCC1(N2CCN(CCc3ccncc3F)CC2)CCOCC1. The molecule has 0 saturated carbocycles. The van der Waals surface area contributed by atoms with Crippen LogP contribution in [-0.4, -0.2) is 66.3 Å². The maximum absolute atomic E-state index is 13.6. The summed E-state index contributed by atoms with van der Waals surface area (Å²) in [6.07, 6.45) is 7.27. The van der Waals surface area contributed by atoms with Gasteiger partial charge in [0.2, 0.25) is 0 Å². The van der Waals surface area contributed by atoms with E-state index in [-0.39, 0.29) is 5.82 Å². The van der Waals surface area contributed by atoms with Crippen LogP contribution in [0.15, 0.2) is 18.5 Å². The highest BCUT2D eigenvalue weighted by Gasteiger charge is 2.38. The normalized spacial score (nSPS) is 23.0. The second-order valence-electron chi connectivity index (χ2n) is 6.74. The molecule has 0 spiro atoms. The van der Waals surface area contributed by atoms with Crippen LogP contribution in [0.5, 0.6) is 0 Å². The van der Waals surface area contributed by atoms with Gasteiger partial charge in [-0.25, -0.2) is 4.39 Å². The molecule has 5 heteroatoms. The van der Waals surface area contributed by atoms with Gasteiger partial charge in [0.05, 0.1) is 6.20 Å². The Morgan fingerprint density at radius 3 is 2.61 bits per heavy atom. The van der Waals surface area contributed by atoms with Gasteiger partial charge in [-0.1, -0.05) is 6.92 Å². The van der Waals surface area contributed by atoms with Crippen molar-refractivity contribution in [2.24, 2.45) is 0 Å². The maximum atomic E-state index is 13.6. The molecular weight excluding hydrogens is 293 g/mol. The number of nitrogens with zero attached hydrogens (tertiary/aromatic N) is 3. The molecule has 0 unspecified atom stereocenters. The van der Waals surface area contributed by atoms with Crippen molar-refractivity contribution in [3.63, 3.8) is 0 Å². The molecule has 0 radical (unpaired) electrons. The van der Waals surface area contributed by atoms with E-state index in [0.717, 1.165) is 70.8 Å². The fraction of sp³-hybridized carbons (Fsp3) is 0.722. The fourth-order valence-electron chi connectivity index (χ4n) is 3.98. The molecule has 2 aliphatic heterocycles. The molecule has 0 bridgehead atoms. The Kier molecular flexibility index (Phi) is 5.62. The summed E-state index contributed by atoms with van der Waals surface area (Å²) in [6.45, 7) is 9.43.